The normalized spacial score (nSPS) is 11.8. The molecule has 4 aromatic rings. The van der Waals surface area contributed by atoms with Crippen LogP contribution in [-0.4, -0.2) is 34.9 Å². The van der Waals surface area contributed by atoms with Crippen LogP contribution in [0.15, 0.2) is 70.6 Å². The average Bonchev–Trinajstić information content (AvgIpc) is 2.85. The Labute approximate surface area is 208 Å². The molecule has 0 saturated heterocycles. The van der Waals surface area contributed by atoms with Crippen molar-refractivity contribution in [1.29, 1.82) is 0 Å². The van der Waals surface area contributed by atoms with E-state index in [2.05, 4.69) is 5.32 Å². The summed E-state index contributed by atoms with van der Waals surface area (Å²) in [6.07, 6.45) is 0. The molecule has 7 nitrogen and oxygen atoms in total. The molecule has 0 fully saturated rings. The van der Waals surface area contributed by atoms with Crippen LogP contribution in [0.2, 0.25) is 0 Å². The van der Waals surface area contributed by atoms with E-state index in [-0.39, 0.29) is 11.5 Å². The predicted molar refractivity (Wildman–Crippen MR) is 140 cm³/mol. The number of carbonyl (C=O) groups is 1. The quantitative estimate of drug-likeness (QED) is 0.286. The molecule has 0 bridgehead atoms. The van der Waals surface area contributed by atoms with Crippen molar-refractivity contribution in [3.8, 4) is 17.2 Å². The van der Waals surface area contributed by atoms with E-state index in [1.165, 1.54) is 11.8 Å². The number of hydrogen-bond donors (Lipinski definition) is 1. The van der Waals surface area contributed by atoms with Crippen LogP contribution in [0.5, 0.6) is 11.5 Å². The van der Waals surface area contributed by atoms with E-state index in [0.29, 0.717) is 33.2 Å². The van der Waals surface area contributed by atoms with Gasteiger partial charge in [-0.3, -0.25) is 14.2 Å². The van der Waals surface area contributed by atoms with Gasteiger partial charge in [0, 0.05) is 11.8 Å². The fourth-order valence-corrected chi connectivity index (χ4v) is 4.75. The molecule has 35 heavy (non-hydrogen) atoms. The molecule has 1 atom stereocenters. The highest BCUT2D eigenvalue weighted by Gasteiger charge is 2.21. The highest BCUT2D eigenvalue weighted by molar-refractivity contribution is 8.00. The van der Waals surface area contributed by atoms with Crippen molar-refractivity contribution in [2.75, 3.05) is 19.5 Å². The zero-order valence-electron chi connectivity index (χ0n) is 20.3. The minimum Gasteiger partial charge on any atom is -0.493 e. The molecule has 1 unspecified atom stereocenters. The maximum atomic E-state index is 13.5. The minimum atomic E-state index is -0.534. The van der Waals surface area contributed by atoms with Gasteiger partial charge in [0.1, 0.15) is 0 Å². The number of thioether (sulfide) groups is 1. The Bertz CT molecular complexity index is 1470. The molecule has 1 aromatic heterocycles. The first-order valence-corrected chi connectivity index (χ1v) is 12.0. The molecule has 0 aliphatic carbocycles. The molecule has 1 N–H and O–H groups in total. The van der Waals surface area contributed by atoms with E-state index in [0.717, 1.165) is 16.8 Å². The number of rotatable bonds is 7. The molecule has 1 heterocycles. The van der Waals surface area contributed by atoms with Gasteiger partial charge in [-0.05, 0) is 56.7 Å². The molecule has 4 rings (SSSR count). The maximum absolute atomic E-state index is 13.5. The average molecular weight is 490 g/mol. The Balaban J connectivity index is 1.70. The van der Waals surface area contributed by atoms with Crippen LogP contribution in [0.25, 0.3) is 16.6 Å². The number of aryl methyl sites for hydroxylation is 2. The van der Waals surface area contributed by atoms with Gasteiger partial charge in [0.05, 0.1) is 36.1 Å². The first-order chi connectivity index (χ1) is 16.8. The molecular weight excluding hydrogens is 462 g/mol. The fraction of sp³-hybridized carbons (Fsp3) is 0.222. The third-order valence-corrected chi connectivity index (χ3v) is 6.69. The van der Waals surface area contributed by atoms with E-state index in [4.69, 9.17) is 14.5 Å². The molecule has 0 spiro atoms. The molecule has 0 aliphatic heterocycles. The largest absolute Gasteiger partial charge is 0.493 e. The van der Waals surface area contributed by atoms with Gasteiger partial charge in [-0.15, -0.1) is 0 Å². The number of amides is 1. The number of nitrogens with zero attached hydrogens (tertiary/aromatic N) is 2. The first-order valence-electron chi connectivity index (χ1n) is 11.1. The van der Waals surface area contributed by atoms with Gasteiger partial charge in [-0.2, -0.15) is 0 Å². The van der Waals surface area contributed by atoms with E-state index in [9.17, 15) is 9.59 Å². The van der Waals surface area contributed by atoms with Crippen molar-refractivity contribution >= 4 is 34.3 Å². The highest BCUT2D eigenvalue weighted by Crippen LogP contribution is 2.31. The second-order valence-corrected chi connectivity index (χ2v) is 9.47. The molecule has 1 amide bonds. The summed E-state index contributed by atoms with van der Waals surface area (Å²) in [5.41, 5.74) is 3.80. The number of hydrogen-bond acceptors (Lipinski definition) is 6. The van der Waals surface area contributed by atoms with E-state index < -0.39 is 5.25 Å². The lowest BCUT2D eigenvalue weighted by Gasteiger charge is -2.18. The number of carbonyl (C=O) groups excluding carboxylic acids is 1. The number of ether oxygens (including phenoxy) is 2. The van der Waals surface area contributed by atoms with Crippen LogP contribution in [0, 0.1) is 13.8 Å². The zero-order valence-corrected chi connectivity index (χ0v) is 21.1. The van der Waals surface area contributed by atoms with E-state index in [1.807, 2.05) is 50.2 Å². The zero-order chi connectivity index (χ0) is 25.1. The van der Waals surface area contributed by atoms with Crippen molar-refractivity contribution in [3.63, 3.8) is 0 Å². The number of fused-ring (bicyclic) bond motifs is 1. The summed E-state index contributed by atoms with van der Waals surface area (Å²) in [4.78, 5) is 31.4. The third kappa shape index (κ3) is 5.02. The first kappa shape index (κ1) is 24.3. The smallest absolute Gasteiger partial charge is 0.266 e. The van der Waals surface area contributed by atoms with E-state index >= 15 is 0 Å². The maximum Gasteiger partial charge on any atom is 0.266 e. The summed E-state index contributed by atoms with van der Waals surface area (Å²) in [6, 6.07) is 18.3. The molecular formula is C27H27N3O4S. The van der Waals surface area contributed by atoms with Crippen LogP contribution >= 0.6 is 11.8 Å². The van der Waals surface area contributed by atoms with E-state index in [1.54, 1.807) is 50.0 Å². The van der Waals surface area contributed by atoms with Gasteiger partial charge in [0.15, 0.2) is 16.7 Å². The molecule has 8 heteroatoms. The van der Waals surface area contributed by atoms with Crippen LogP contribution in [0.1, 0.15) is 18.1 Å². The number of benzene rings is 3. The van der Waals surface area contributed by atoms with Gasteiger partial charge in [-0.1, -0.05) is 41.6 Å². The standard InChI is InChI=1S/C27H27N3O4S/c1-16-10-12-22(17(2)14-16)30-26(32)20-8-6-7-9-21(20)29-27(30)35-18(3)25(31)28-19-11-13-23(33-4)24(15-19)34-5/h6-15,18H,1-5H3,(H,28,31). The second-order valence-electron chi connectivity index (χ2n) is 8.16. The molecule has 0 saturated carbocycles. The summed E-state index contributed by atoms with van der Waals surface area (Å²) in [6.45, 7) is 5.76. The molecule has 180 valence electrons. The molecule has 3 aromatic carbocycles. The van der Waals surface area contributed by atoms with Crippen molar-refractivity contribution in [2.24, 2.45) is 0 Å². The van der Waals surface area contributed by atoms with Crippen molar-refractivity contribution in [3.05, 3.63) is 82.1 Å². The Hall–Kier alpha value is -3.78. The number of nitrogens with one attached hydrogen (secondary N) is 1. The van der Waals surface area contributed by atoms with Crippen LogP contribution in [0.3, 0.4) is 0 Å². The summed E-state index contributed by atoms with van der Waals surface area (Å²) in [5.74, 6) is 0.869. The summed E-state index contributed by atoms with van der Waals surface area (Å²) >= 11 is 1.24. The highest BCUT2D eigenvalue weighted by atomic mass is 32.2. The van der Waals surface area contributed by atoms with Gasteiger partial charge in [0.2, 0.25) is 5.91 Å². The Kier molecular flexibility index (Phi) is 7.12. The van der Waals surface area contributed by atoms with Gasteiger partial charge < -0.3 is 14.8 Å². The Morgan fingerprint density at radius 1 is 1.00 bits per heavy atom. The number of methoxy groups -OCH3 is 2. The third-order valence-electron chi connectivity index (χ3n) is 5.64. The molecule has 0 radical (unpaired) electrons. The number of aromatic nitrogens is 2. The van der Waals surface area contributed by atoms with Gasteiger partial charge in [0.25, 0.3) is 5.56 Å². The summed E-state index contributed by atoms with van der Waals surface area (Å²) < 4.78 is 12.2. The molecule has 0 aliphatic rings. The topological polar surface area (TPSA) is 82.5 Å². The van der Waals surface area contributed by atoms with Crippen molar-refractivity contribution < 1.29 is 14.3 Å². The summed E-state index contributed by atoms with van der Waals surface area (Å²) in [7, 11) is 3.10. The fourth-order valence-electron chi connectivity index (χ4n) is 3.83. The minimum absolute atomic E-state index is 0.169. The number of anilines is 1. The lowest BCUT2D eigenvalue weighted by atomic mass is 10.1. The SMILES string of the molecule is COc1ccc(NC(=O)C(C)Sc2nc3ccccc3c(=O)n2-c2ccc(C)cc2C)cc1OC. The van der Waals surface area contributed by atoms with Crippen LogP contribution in [-0.2, 0) is 4.79 Å². The van der Waals surface area contributed by atoms with Gasteiger partial charge >= 0.3 is 0 Å². The van der Waals surface area contributed by atoms with Crippen molar-refractivity contribution in [1.82, 2.24) is 9.55 Å². The Morgan fingerprint density at radius 2 is 1.74 bits per heavy atom. The monoisotopic (exact) mass is 489 g/mol. The van der Waals surface area contributed by atoms with Crippen LogP contribution < -0.4 is 20.3 Å². The second kappa shape index (κ2) is 10.2. The predicted octanol–water partition coefficient (Wildman–Crippen LogP) is 5.14. The van der Waals surface area contributed by atoms with Crippen molar-refractivity contribution in [2.45, 2.75) is 31.2 Å². The summed E-state index contributed by atoms with van der Waals surface area (Å²) in [5, 5.41) is 3.35. The number of para-hydroxylation sites is 1. The lowest BCUT2D eigenvalue weighted by Crippen LogP contribution is -2.26. The van der Waals surface area contributed by atoms with Gasteiger partial charge in [-0.25, -0.2) is 4.98 Å². The van der Waals surface area contributed by atoms with Crippen LogP contribution in [0.4, 0.5) is 5.69 Å². The lowest BCUT2D eigenvalue weighted by molar-refractivity contribution is -0.115. The Morgan fingerprint density at radius 3 is 2.46 bits per heavy atom.